The SMILES string of the molecule is C[C@@H](NC(=O)OC(C)(C)C)c1ccc2ccc(/C=C/C3(C(=O)O)COCCO3)cc2n1. The molecule has 1 unspecified atom stereocenters. The number of carboxylic acids is 1. The average molecular weight is 428 g/mol. The highest BCUT2D eigenvalue weighted by molar-refractivity contribution is 5.84. The number of alkyl carbamates (subject to hydrolysis) is 1. The summed E-state index contributed by atoms with van der Waals surface area (Å²) in [6.07, 6.45) is 2.69. The van der Waals surface area contributed by atoms with Crippen molar-refractivity contribution in [3.05, 3.63) is 47.7 Å². The molecule has 166 valence electrons. The van der Waals surface area contributed by atoms with E-state index in [2.05, 4.69) is 10.3 Å². The Morgan fingerprint density at radius 2 is 2.00 bits per heavy atom. The monoisotopic (exact) mass is 428 g/mol. The molecule has 1 aromatic carbocycles. The minimum Gasteiger partial charge on any atom is -0.479 e. The van der Waals surface area contributed by atoms with Gasteiger partial charge in [0.1, 0.15) is 5.60 Å². The summed E-state index contributed by atoms with van der Waals surface area (Å²) in [5.74, 6) is -1.09. The van der Waals surface area contributed by atoms with Crippen molar-refractivity contribution in [3.8, 4) is 0 Å². The second-order valence-corrected chi connectivity index (χ2v) is 8.49. The molecular weight excluding hydrogens is 400 g/mol. The molecule has 2 N–H and O–H groups in total. The molecule has 3 rings (SSSR count). The van der Waals surface area contributed by atoms with Crippen LogP contribution >= 0.6 is 0 Å². The summed E-state index contributed by atoms with van der Waals surface area (Å²) in [6, 6.07) is 9.07. The Morgan fingerprint density at radius 1 is 1.26 bits per heavy atom. The normalized spacial score (nSPS) is 20.5. The fourth-order valence-corrected chi connectivity index (χ4v) is 3.12. The number of aliphatic carboxylic acids is 1. The molecule has 2 aromatic rings. The maximum absolute atomic E-state index is 12.0. The minimum atomic E-state index is -1.49. The fourth-order valence-electron chi connectivity index (χ4n) is 3.12. The van der Waals surface area contributed by atoms with Gasteiger partial charge in [-0.15, -0.1) is 0 Å². The molecule has 0 saturated carbocycles. The average Bonchev–Trinajstić information content (AvgIpc) is 2.70. The van der Waals surface area contributed by atoms with Crippen molar-refractivity contribution in [3.63, 3.8) is 0 Å². The van der Waals surface area contributed by atoms with Crippen LogP contribution in [0.15, 0.2) is 36.4 Å². The van der Waals surface area contributed by atoms with Crippen LogP contribution in [0.25, 0.3) is 17.0 Å². The third-order valence-corrected chi connectivity index (χ3v) is 4.73. The Balaban J connectivity index is 1.80. The lowest BCUT2D eigenvalue weighted by atomic mass is 10.0. The number of hydrogen-bond donors (Lipinski definition) is 2. The number of benzene rings is 1. The first-order chi connectivity index (χ1) is 14.6. The number of fused-ring (bicyclic) bond motifs is 1. The van der Waals surface area contributed by atoms with E-state index in [4.69, 9.17) is 14.2 Å². The van der Waals surface area contributed by atoms with E-state index in [9.17, 15) is 14.7 Å². The molecule has 1 fully saturated rings. The number of ether oxygens (including phenoxy) is 3. The molecule has 31 heavy (non-hydrogen) atoms. The molecule has 1 aliphatic heterocycles. The van der Waals surface area contributed by atoms with Crippen LogP contribution in [-0.2, 0) is 19.0 Å². The zero-order valence-electron chi connectivity index (χ0n) is 18.2. The van der Waals surface area contributed by atoms with Gasteiger partial charge in [-0.1, -0.05) is 24.3 Å². The highest BCUT2D eigenvalue weighted by atomic mass is 16.6. The molecule has 1 aromatic heterocycles. The van der Waals surface area contributed by atoms with Gasteiger partial charge in [-0.25, -0.2) is 9.59 Å². The number of carboxylic acid groups (broad SMARTS) is 1. The molecule has 2 heterocycles. The Hall–Kier alpha value is -2.97. The lowest BCUT2D eigenvalue weighted by Crippen LogP contribution is -2.48. The first-order valence-electron chi connectivity index (χ1n) is 10.1. The van der Waals surface area contributed by atoms with Gasteiger partial charge in [0.15, 0.2) is 0 Å². The predicted octanol–water partition coefficient (Wildman–Crippen LogP) is 3.70. The van der Waals surface area contributed by atoms with E-state index in [1.807, 2.05) is 37.3 Å². The topological polar surface area (TPSA) is 107 Å². The van der Waals surface area contributed by atoms with Crippen LogP contribution in [0.3, 0.4) is 0 Å². The van der Waals surface area contributed by atoms with Crippen molar-refractivity contribution in [2.24, 2.45) is 0 Å². The molecule has 8 nitrogen and oxygen atoms in total. The number of aromatic nitrogens is 1. The predicted molar refractivity (Wildman–Crippen MR) is 116 cm³/mol. The number of nitrogens with zero attached hydrogens (tertiary/aromatic N) is 1. The maximum Gasteiger partial charge on any atom is 0.408 e. The van der Waals surface area contributed by atoms with Crippen molar-refractivity contribution in [2.45, 2.75) is 44.9 Å². The zero-order chi connectivity index (χ0) is 22.6. The molecule has 2 atom stereocenters. The van der Waals surface area contributed by atoms with Gasteiger partial charge in [0.2, 0.25) is 5.60 Å². The van der Waals surface area contributed by atoms with Gasteiger partial charge >= 0.3 is 12.1 Å². The van der Waals surface area contributed by atoms with Gasteiger partial charge < -0.3 is 24.6 Å². The molecule has 0 aliphatic carbocycles. The van der Waals surface area contributed by atoms with E-state index in [0.29, 0.717) is 12.3 Å². The Labute approximate surface area is 181 Å². The van der Waals surface area contributed by atoms with Crippen molar-refractivity contribution < 1.29 is 28.9 Å². The number of nitrogens with one attached hydrogen (secondary N) is 1. The summed E-state index contributed by atoms with van der Waals surface area (Å²) in [4.78, 5) is 28.4. The van der Waals surface area contributed by atoms with E-state index >= 15 is 0 Å². The molecular formula is C23H28N2O6. The van der Waals surface area contributed by atoms with E-state index in [0.717, 1.165) is 16.5 Å². The minimum absolute atomic E-state index is 0.0390. The molecule has 8 heteroatoms. The maximum atomic E-state index is 12.0. The lowest BCUT2D eigenvalue weighted by molar-refractivity contribution is -0.181. The van der Waals surface area contributed by atoms with Gasteiger partial charge in [0.05, 0.1) is 37.1 Å². The van der Waals surface area contributed by atoms with Crippen LogP contribution in [0.1, 0.15) is 45.0 Å². The summed E-state index contributed by atoms with van der Waals surface area (Å²) < 4.78 is 16.1. The lowest BCUT2D eigenvalue weighted by Gasteiger charge is -2.30. The summed E-state index contributed by atoms with van der Waals surface area (Å²) in [5.41, 5.74) is 0.115. The largest absolute Gasteiger partial charge is 0.479 e. The van der Waals surface area contributed by atoms with Crippen LogP contribution in [0.2, 0.25) is 0 Å². The van der Waals surface area contributed by atoms with Crippen molar-refractivity contribution in [1.82, 2.24) is 10.3 Å². The van der Waals surface area contributed by atoms with Gasteiger partial charge in [-0.2, -0.15) is 0 Å². The summed E-state index contributed by atoms with van der Waals surface area (Å²) >= 11 is 0. The van der Waals surface area contributed by atoms with Crippen LogP contribution in [0.5, 0.6) is 0 Å². The second-order valence-electron chi connectivity index (χ2n) is 8.49. The highest BCUT2D eigenvalue weighted by Crippen LogP contribution is 2.23. The van der Waals surface area contributed by atoms with Crippen molar-refractivity contribution in [2.75, 3.05) is 19.8 Å². The van der Waals surface area contributed by atoms with Crippen LogP contribution in [0, 0.1) is 0 Å². The summed E-state index contributed by atoms with van der Waals surface area (Å²) in [5, 5.41) is 13.3. The van der Waals surface area contributed by atoms with E-state index in [1.165, 1.54) is 6.08 Å². The first-order valence-corrected chi connectivity index (χ1v) is 10.1. The Bertz CT molecular complexity index is 989. The van der Waals surface area contributed by atoms with Crippen LogP contribution < -0.4 is 5.32 Å². The third-order valence-electron chi connectivity index (χ3n) is 4.73. The molecule has 0 bridgehead atoms. The number of hydrogen-bond acceptors (Lipinski definition) is 6. The summed E-state index contributed by atoms with van der Waals surface area (Å²) in [6.45, 7) is 7.81. The van der Waals surface area contributed by atoms with Gasteiger partial charge in [-0.05, 0) is 51.5 Å². The standard InChI is InChI=1S/C23H28N2O6/c1-15(24-21(28)31-22(2,3)4)18-8-7-17-6-5-16(13-19(17)25-18)9-10-23(20(26)27)14-29-11-12-30-23/h5-10,13,15H,11-12,14H2,1-4H3,(H,24,28)(H,26,27)/b10-9+/t15-,23?/m1/s1. The van der Waals surface area contributed by atoms with Crippen molar-refractivity contribution >= 4 is 29.0 Å². The molecule has 1 aliphatic rings. The number of rotatable bonds is 5. The van der Waals surface area contributed by atoms with Gasteiger partial charge in [0, 0.05) is 5.39 Å². The second kappa shape index (κ2) is 9.03. The molecule has 0 spiro atoms. The quantitative estimate of drug-likeness (QED) is 0.748. The smallest absolute Gasteiger partial charge is 0.408 e. The number of pyridine rings is 1. The molecule has 1 saturated heterocycles. The number of carbonyl (C=O) groups is 2. The zero-order valence-corrected chi connectivity index (χ0v) is 18.2. The van der Waals surface area contributed by atoms with E-state index in [-0.39, 0.29) is 19.3 Å². The highest BCUT2D eigenvalue weighted by Gasteiger charge is 2.39. The molecule has 0 radical (unpaired) electrons. The van der Waals surface area contributed by atoms with Gasteiger partial charge in [0.25, 0.3) is 0 Å². The molecule has 1 amide bonds. The first kappa shape index (κ1) is 22.7. The van der Waals surface area contributed by atoms with Crippen LogP contribution in [0.4, 0.5) is 4.79 Å². The number of amides is 1. The third kappa shape index (κ3) is 5.80. The summed E-state index contributed by atoms with van der Waals surface area (Å²) in [7, 11) is 0. The van der Waals surface area contributed by atoms with Crippen LogP contribution in [-0.4, -0.2) is 53.2 Å². The Morgan fingerprint density at radius 3 is 2.65 bits per heavy atom. The number of carbonyl (C=O) groups excluding carboxylic acids is 1. The van der Waals surface area contributed by atoms with Gasteiger partial charge in [-0.3, -0.25) is 4.98 Å². The fraction of sp³-hybridized carbons (Fsp3) is 0.435. The van der Waals surface area contributed by atoms with Crippen molar-refractivity contribution in [1.29, 1.82) is 0 Å². The Kier molecular flexibility index (Phi) is 6.62. The van der Waals surface area contributed by atoms with E-state index < -0.39 is 23.3 Å². The van der Waals surface area contributed by atoms with E-state index in [1.54, 1.807) is 26.8 Å².